The largest absolute Gasteiger partial charge is 0.492 e. The Labute approximate surface area is 199 Å². The molecule has 0 atom stereocenters. The molecule has 2 amide bonds. The molecule has 9 nitrogen and oxygen atoms in total. The van der Waals surface area contributed by atoms with Crippen LogP contribution in [0, 0.1) is 0 Å². The van der Waals surface area contributed by atoms with Crippen molar-refractivity contribution in [1.82, 2.24) is 4.31 Å². The Morgan fingerprint density at radius 1 is 1.06 bits per heavy atom. The van der Waals surface area contributed by atoms with Crippen LogP contribution in [-0.4, -0.2) is 64.0 Å². The maximum absolute atomic E-state index is 13.1. The van der Waals surface area contributed by atoms with E-state index in [4.69, 9.17) is 9.47 Å². The zero-order chi connectivity index (χ0) is 24.3. The van der Waals surface area contributed by atoms with Crippen LogP contribution in [-0.2, 0) is 26.0 Å². The van der Waals surface area contributed by atoms with Crippen molar-refractivity contribution < 1.29 is 27.5 Å². The number of morpholine rings is 1. The molecule has 0 aliphatic carbocycles. The molecule has 0 aromatic heterocycles. The van der Waals surface area contributed by atoms with Crippen LogP contribution in [0.3, 0.4) is 0 Å². The number of nitrogens with one attached hydrogen (secondary N) is 1. The molecule has 34 heavy (non-hydrogen) atoms. The van der Waals surface area contributed by atoms with Gasteiger partial charge in [-0.1, -0.05) is 6.92 Å². The Hall–Kier alpha value is -2.95. The van der Waals surface area contributed by atoms with Crippen LogP contribution < -0.4 is 15.0 Å². The Kier molecular flexibility index (Phi) is 7.20. The maximum Gasteiger partial charge on any atom is 0.255 e. The zero-order valence-corrected chi connectivity index (χ0v) is 20.2. The van der Waals surface area contributed by atoms with E-state index in [1.165, 1.54) is 16.4 Å². The second kappa shape index (κ2) is 10.1. The van der Waals surface area contributed by atoms with Crippen molar-refractivity contribution in [2.45, 2.75) is 31.6 Å². The normalized spacial score (nSPS) is 16.2. The zero-order valence-electron chi connectivity index (χ0n) is 19.4. The number of benzene rings is 2. The van der Waals surface area contributed by atoms with Gasteiger partial charge in [0.1, 0.15) is 5.75 Å². The minimum Gasteiger partial charge on any atom is -0.492 e. The highest BCUT2D eigenvalue weighted by Gasteiger charge is 2.28. The Bertz CT molecular complexity index is 1190. The molecule has 2 heterocycles. The number of hydrogen-bond donors (Lipinski definition) is 1. The summed E-state index contributed by atoms with van der Waals surface area (Å²) in [4.78, 5) is 27.0. The number of hydrogen-bond acceptors (Lipinski definition) is 6. The number of ether oxygens (including phenoxy) is 2. The molecule has 0 unspecified atom stereocenters. The van der Waals surface area contributed by atoms with E-state index in [2.05, 4.69) is 5.32 Å². The number of amides is 2. The second-order valence-electron chi connectivity index (χ2n) is 8.05. The van der Waals surface area contributed by atoms with Crippen molar-refractivity contribution >= 4 is 33.2 Å². The van der Waals surface area contributed by atoms with E-state index in [1.54, 1.807) is 29.2 Å². The summed E-state index contributed by atoms with van der Waals surface area (Å²) >= 11 is 0. The number of fused-ring (bicyclic) bond motifs is 1. The lowest BCUT2D eigenvalue weighted by molar-refractivity contribution is -0.118. The lowest BCUT2D eigenvalue weighted by atomic mass is 10.1. The molecule has 2 aliphatic rings. The molecule has 182 valence electrons. The van der Waals surface area contributed by atoms with Crippen LogP contribution in [0.4, 0.5) is 11.4 Å². The first kappa shape index (κ1) is 24.2. The Morgan fingerprint density at radius 3 is 2.53 bits per heavy atom. The molecule has 0 bridgehead atoms. The van der Waals surface area contributed by atoms with E-state index in [-0.39, 0.29) is 35.5 Å². The fraction of sp³-hybridized carbons (Fsp3) is 0.417. The number of anilines is 2. The summed E-state index contributed by atoms with van der Waals surface area (Å²) < 4.78 is 38.4. The molecule has 2 aliphatic heterocycles. The van der Waals surface area contributed by atoms with Crippen molar-refractivity contribution in [1.29, 1.82) is 0 Å². The van der Waals surface area contributed by atoms with Crippen molar-refractivity contribution in [3.8, 4) is 5.75 Å². The third kappa shape index (κ3) is 4.79. The van der Waals surface area contributed by atoms with Gasteiger partial charge in [0.25, 0.3) is 5.91 Å². The predicted octanol–water partition coefficient (Wildman–Crippen LogP) is 2.66. The lowest BCUT2D eigenvalue weighted by Crippen LogP contribution is -2.40. The molecule has 4 rings (SSSR count). The Morgan fingerprint density at radius 2 is 1.82 bits per heavy atom. The van der Waals surface area contributed by atoms with Gasteiger partial charge in [-0.25, -0.2) is 8.42 Å². The van der Waals surface area contributed by atoms with E-state index in [9.17, 15) is 18.0 Å². The minimum atomic E-state index is -3.73. The maximum atomic E-state index is 13.1. The monoisotopic (exact) mass is 487 g/mol. The number of carbonyl (C=O) groups is 2. The van der Waals surface area contributed by atoms with Crippen molar-refractivity contribution in [3.63, 3.8) is 0 Å². The van der Waals surface area contributed by atoms with E-state index in [1.807, 2.05) is 13.8 Å². The number of rotatable bonds is 7. The molecular weight excluding hydrogens is 458 g/mol. The van der Waals surface area contributed by atoms with E-state index < -0.39 is 10.0 Å². The molecule has 0 radical (unpaired) electrons. The van der Waals surface area contributed by atoms with Gasteiger partial charge in [0.05, 0.1) is 30.4 Å². The average Bonchev–Trinajstić information content (AvgIpc) is 3.28. The van der Waals surface area contributed by atoms with Gasteiger partial charge in [-0.15, -0.1) is 0 Å². The molecule has 2 aromatic carbocycles. The minimum absolute atomic E-state index is 0.0515. The highest BCUT2D eigenvalue weighted by molar-refractivity contribution is 7.89. The van der Waals surface area contributed by atoms with E-state index in [0.29, 0.717) is 50.5 Å². The van der Waals surface area contributed by atoms with Gasteiger partial charge < -0.3 is 19.7 Å². The SMILES string of the molecule is CCOc1ccc(S(=O)(=O)N2CCOCC2)cc1NC(=O)c1ccc2c(c1)CCN2C(=O)CC. The molecule has 1 N–H and O–H groups in total. The lowest BCUT2D eigenvalue weighted by Gasteiger charge is -2.26. The van der Waals surface area contributed by atoms with Gasteiger partial charge in [-0.05, 0) is 55.3 Å². The predicted molar refractivity (Wildman–Crippen MR) is 128 cm³/mol. The average molecular weight is 488 g/mol. The number of sulfonamides is 1. The van der Waals surface area contributed by atoms with E-state index >= 15 is 0 Å². The summed E-state index contributed by atoms with van der Waals surface area (Å²) in [6.45, 7) is 5.85. The molecule has 1 fully saturated rings. The third-order valence-corrected chi connectivity index (χ3v) is 7.84. The second-order valence-corrected chi connectivity index (χ2v) is 9.99. The Balaban J connectivity index is 1.59. The first-order valence-corrected chi connectivity index (χ1v) is 12.9. The van der Waals surface area contributed by atoms with Crippen LogP contribution >= 0.6 is 0 Å². The summed E-state index contributed by atoms with van der Waals surface area (Å²) in [5.41, 5.74) is 2.47. The number of nitrogens with zero attached hydrogens (tertiary/aromatic N) is 2. The van der Waals surface area contributed by atoms with Gasteiger partial charge in [0.2, 0.25) is 15.9 Å². The van der Waals surface area contributed by atoms with Crippen molar-refractivity contribution in [3.05, 3.63) is 47.5 Å². The molecule has 10 heteroatoms. The van der Waals surface area contributed by atoms with Crippen LogP contribution in [0.2, 0.25) is 0 Å². The van der Waals surface area contributed by atoms with Gasteiger partial charge in [0, 0.05) is 37.3 Å². The standard InChI is InChI=1S/C24H29N3O6S/c1-3-23(28)27-10-9-17-15-18(5-7-21(17)27)24(29)25-20-16-19(6-8-22(20)33-4-2)34(30,31)26-11-13-32-14-12-26/h5-8,15-16H,3-4,9-14H2,1-2H3,(H,25,29). The third-order valence-electron chi connectivity index (χ3n) is 5.95. The molecule has 0 spiro atoms. The smallest absolute Gasteiger partial charge is 0.255 e. The van der Waals surface area contributed by atoms with Gasteiger partial charge in [0.15, 0.2) is 0 Å². The highest BCUT2D eigenvalue weighted by atomic mass is 32.2. The molecular formula is C24H29N3O6S. The molecule has 2 aromatic rings. The summed E-state index contributed by atoms with van der Waals surface area (Å²) in [6, 6.07) is 9.71. The van der Waals surface area contributed by atoms with Gasteiger partial charge >= 0.3 is 0 Å². The van der Waals surface area contributed by atoms with Crippen LogP contribution in [0.5, 0.6) is 5.75 Å². The topological polar surface area (TPSA) is 105 Å². The summed E-state index contributed by atoms with van der Waals surface area (Å²) in [5, 5.41) is 2.81. The van der Waals surface area contributed by atoms with E-state index in [0.717, 1.165) is 11.3 Å². The molecule has 1 saturated heterocycles. The van der Waals surface area contributed by atoms with Gasteiger partial charge in [-0.2, -0.15) is 4.31 Å². The van der Waals surface area contributed by atoms with Crippen LogP contribution in [0.15, 0.2) is 41.3 Å². The fourth-order valence-corrected chi connectivity index (χ4v) is 5.61. The fourth-order valence-electron chi connectivity index (χ4n) is 4.17. The summed E-state index contributed by atoms with van der Waals surface area (Å²) in [5.74, 6) is 0.0539. The highest BCUT2D eigenvalue weighted by Crippen LogP contribution is 2.32. The number of carbonyl (C=O) groups excluding carboxylic acids is 2. The van der Waals surface area contributed by atoms with Crippen molar-refractivity contribution in [2.24, 2.45) is 0 Å². The summed E-state index contributed by atoms with van der Waals surface area (Å²) in [7, 11) is -3.73. The molecule has 0 saturated carbocycles. The van der Waals surface area contributed by atoms with Crippen LogP contribution in [0.25, 0.3) is 0 Å². The first-order valence-electron chi connectivity index (χ1n) is 11.4. The van der Waals surface area contributed by atoms with Crippen LogP contribution in [0.1, 0.15) is 36.2 Å². The van der Waals surface area contributed by atoms with Crippen molar-refractivity contribution in [2.75, 3.05) is 49.7 Å². The van der Waals surface area contributed by atoms with Gasteiger partial charge in [-0.3, -0.25) is 9.59 Å². The first-order chi connectivity index (χ1) is 16.3. The quantitative estimate of drug-likeness (QED) is 0.644. The summed E-state index contributed by atoms with van der Waals surface area (Å²) in [6.07, 6.45) is 1.10.